The van der Waals surface area contributed by atoms with Crippen molar-refractivity contribution in [3.05, 3.63) is 36.5 Å². The summed E-state index contributed by atoms with van der Waals surface area (Å²) in [5, 5.41) is 4.13. The highest BCUT2D eigenvalue weighted by atomic mass is 32.2. The highest BCUT2D eigenvalue weighted by Crippen LogP contribution is 2.17. The third kappa shape index (κ3) is 3.51. The summed E-state index contributed by atoms with van der Waals surface area (Å²) in [4.78, 5) is 0. The maximum absolute atomic E-state index is 11.9. The number of sulfonamides is 1. The number of nitrogens with one attached hydrogen (secondary N) is 1. The lowest BCUT2D eigenvalue weighted by molar-refractivity contribution is 0.597. The lowest BCUT2D eigenvalue weighted by atomic mass is 10.3. The maximum Gasteiger partial charge on any atom is 0.233 e. The van der Waals surface area contributed by atoms with Crippen LogP contribution in [0.2, 0.25) is 0 Å². The number of nitrogens with zero attached hydrogens (tertiary/aromatic N) is 2. The van der Waals surface area contributed by atoms with Crippen molar-refractivity contribution in [2.75, 3.05) is 16.2 Å². The summed E-state index contributed by atoms with van der Waals surface area (Å²) in [6.45, 7) is 1.95. The van der Waals surface area contributed by atoms with Crippen LogP contribution >= 0.6 is 0 Å². The van der Waals surface area contributed by atoms with Gasteiger partial charge in [0.1, 0.15) is 5.82 Å². The fourth-order valence-corrected chi connectivity index (χ4v) is 2.99. The molecular formula is C13H18N4O2S. The zero-order chi connectivity index (χ0) is 14.6. The van der Waals surface area contributed by atoms with Gasteiger partial charge >= 0.3 is 0 Å². The molecule has 6 nitrogen and oxygen atoms in total. The van der Waals surface area contributed by atoms with Gasteiger partial charge in [-0.15, -0.1) is 0 Å². The van der Waals surface area contributed by atoms with E-state index in [2.05, 4.69) is 9.82 Å². The zero-order valence-electron chi connectivity index (χ0n) is 11.3. The van der Waals surface area contributed by atoms with Crippen LogP contribution in [0.25, 0.3) is 5.69 Å². The lowest BCUT2D eigenvalue weighted by Crippen LogP contribution is -2.18. The molecule has 0 saturated carbocycles. The van der Waals surface area contributed by atoms with Crippen molar-refractivity contribution in [3.8, 4) is 5.69 Å². The highest BCUT2D eigenvalue weighted by molar-refractivity contribution is 7.92. The van der Waals surface area contributed by atoms with E-state index >= 15 is 0 Å². The standard InChI is InChI=1S/C13H18N4O2S/c1-2-3-10-20(18,19)16-13-8-9-15-17(13)12-6-4-11(14)5-7-12/h4-9,16H,2-3,10,14H2,1H3. The predicted molar refractivity (Wildman–Crippen MR) is 80.3 cm³/mol. The Morgan fingerprint density at radius 1 is 1.25 bits per heavy atom. The molecule has 0 aliphatic heterocycles. The molecule has 0 spiro atoms. The van der Waals surface area contributed by atoms with Crippen LogP contribution in [0.1, 0.15) is 19.8 Å². The Morgan fingerprint density at radius 3 is 2.60 bits per heavy atom. The summed E-state index contributed by atoms with van der Waals surface area (Å²) in [7, 11) is -3.34. The number of hydrogen-bond donors (Lipinski definition) is 2. The molecule has 2 aromatic rings. The van der Waals surface area contributed by atoms with Crippen molar-refractivity contribution in [2.45, 2.75) is 19.8 Å². The van der Waals surface area contributed by atoms with Gasteiger partial charge in [0.25, 0.3) is 0 Å². The fraction of sp³-hybridized carbons (Fsp3) is 0.308. The fourth-order valence-electron chi connectivity index (χ4n) is 1.75. The highest BCUT2D eigenvalue weighted by Gasteiger charge is 2.13. The van der Waals surface area contributed by atoms with Crippen molar-refractivity contribution in [3.63, 3.8) is 0 Å². The molecule has 0 saturated heterocycles. The second-order valence-electron chi connectivity index (χ2n) is 4.49. The van der Waals surface area contributed by atoms with Gasteiger partial charge in [-0.05, 0) is 30.7 Å². The summed E-state index contributed by atoms with van der Waals surface area (Å²) >= 11 is 0. The zero-order valence-corrected chi connectivity index (χ0v) is 12.1. The first-order valence-electron chi connectivity index (χ1n) is 6.42. The van der Waals surface area contributed by atoms with Gasteiger partial charge < -0.3 is 5.73 Å². The molecule has 1 heterocycles. The van der Waals surface area contributed by atoms with E-state index in [-0.39, 0.29) is 5.75 Å². The van der Waals surface area contributed by atoms with Crippen LogP contribution in [-0.2, 0) is 10.0 Å². The van der Waals surface area contributed by atoms with E-state index in [9.17, 15) is 8.42 Å². The largest absolute Gasteiger partial charge is 0.399 e. The van der Waals surface area contributed by atoms with Crippen LogP contribution in [0.3, 0.4) is 0 Å². The third-order valence-corrected chi connectivity index (χ3v) is 4.15. The first-order valence-corrected chi connectivity index (χ1v) is 8.07. The average Bonchev–Trinajstić information content (AvgIpc) is 2.85. The quantitative estimate of drug-likeness (QED) is 0.797. The van der Waals surface area contributed by atoms with Crippen molar-refractivity contribution in [1.82, 2.24) is 9.78 Å². The number of nitrogen functional groups attached to an aromatic ring is 1. The summed E-state index contributed by atoms with van der Waals surface area (Å²) < 4.78 is 27.9. The SMILES string of the molecule is CCCCS(=O)(=O)Nc1ccnn1-c1ccc(N)cc1. The summed E-state index contributed by atoms with van der Waals surface area (Å²) in [5.41, 5.74) is 7.03. The molecule has 1 aromatic carbocycles. The Bertz CT molecular complexity index is 662. The molecule has 0 fully saturated rings. The second kappa shape index (κ2) is 5.96. The molecule has 0 aliphatic carbocycles. The number of aromatic nitrogens is 2. The number of hydrogen-bond acceptors (Lipinski definition) is 4. The van der Waals surface area contributed by atoms with E-state index in [4.69, 9.17) is 5.73 Å². The van der Waals surface area contributed by atoms with Gasteiger partial charge in [-0.2, -0.15) is 5.10 Å². The number of unbranched alkanes of at least 4 members (excludes halogenated alkanes) is 1. The average molecular weight is 294 g/mol. The number of nitrogens with two attached hydrogens (primary N) is 1. The molecule has 0 bridgehead atoms. The second-order valence-corrected chi connectivity index (χ2v) is 6.34. The predicted octanol–water partition coefficient (Wildman–Crippen LogP) is 2.00. The first kappa shape index (κ1) is 14.4. The summed E-state index contributed by atoms with van der Waals surface area (Å²) in [5.74, 6) is 0.530. The molecule has 1 aromatic heterocycles. The van der Waals surface area contributed by atoms with E-state index in [0.717, 1.165) is 12.1 Å². The summed E-state index contributed by atoms with van der Waals surface area (Å²) in [6, 6.07) is 8.68. The Labute approximate surface area is 118 Å². The molecule has 0 atom stereocenters. The topological polar surface area (TPSA) is 90.0 Å². The van der Waals surface area contributed by atoms with Crippen LogP contribution in [-0.4, -0.2) is 24.0 Å². The maximum atomic E-state index is 11.9. The van der Waals surface area contributed by atoms with Gasteiger partial charge in [0.2, 0.25) is 10.0 Å². The Balaban J connectivity index is 2.23. The van der Waals surface area contributed by atoms with Crippen molar-refractivity contribution < 1.29 is 8.42 Å². The monoisotopic (exact) mass is 294 g/mol. The number of anilines is 2. The Morgan fingerprint density at radius 2 is 1.95 bits per heavy atom. The molecule has 7 heteroatoms. The summed E-state index contributed by atoms with van der Waals surface area (Å²) in [6.07, 6.45) is 3.01. The van der Waals surface area contributed by atoms with E-state index in [1.165, 1.54) is 4.68 Å². The van der Waals surface area contributed by atoms with Gasteiger partial charge in [0, 0.05) is 11.8 Å². The first-order chi connectivity index (χ1) is 9.52. The number of benzene rings is 1. The molecule has 108 valence electrons. The molecule has 0 amide bonds. The van der Waals surface area contributed by atoms with Crippen molar-refractivity contribution in [2.24, 2.45) is 0 Å². The third-order valence-electron chi connectivity index (χ3n) is 2.81. The van der Waals surface area contributed by atoms with Crippen LogP contribution in [0.5, 0.6) is 0 Å². The van der Waals surface area contributed by atoms with Gasteiger partial charge in [-0.25, -0.2) is 13.1 Å². The molecule has 2 rings (SSSR count). The van der Waals surface area contributed by atoms with Crippen LogP contribution < -0.4 is 10.5 Å². The van der Waals surface area contributed by atoms with Crippen molar-refractivity contribution in [1.29, 1.82) is 0 Å². The van der Waals surface area contributed by atoms with Gasteiger partial charge in [-0.1, -0.05) is 13.3 Å². The molecule has 20 heavy (non-hydrogen) atoms. The Hall–Kier alpha value is -2.02. The van der Waals surface area contributed by atoms with Gasteiger partial charge in [0.05, 0.1) is 17.6 Å². The van der Waals surface area contributed by atoms with E-state index < -0.39 is 10.0 Å². The van der Waals surface area contributed by atoms with E-state index in [1.54, 1.807) is 36.5 Å². The molecule has 0 radical (unpaired) electrons. The van der Waals surface area contributed by atoms with Gasteiger partial charge in [0.15, 0.2) is 0 Å². The lowest BCUT2D eigenvalue weighted by Gasteiger charge is -2.10. The molecule has 3 N–H and O–H groups in total. The normalized spacial score (nSPS) is 11.4. The number of rotatable bonds is 6. The smallest absolute Gasteiger partial charge is 0.233 e. The molecule has 0 unspecified atom stereocenters. The van der Waals surface area contributed by atoms with E-state index in [1.807, 2.05) is 6.92 Å². The van der Waals surface area contributed by atoms with Crippen LogP contribution in [0, 0.1) is 0 Å². The van der Waals surface area contributed by atoms with E-state index in [0.29, 0.717) is 17.9 Å². The molecular weight excluding hydrogens is 276 g/mol. The minimum atomic E-state index is -3.34. The minimum Gasteiger partial charge on any atom is -0.399 e. The van der Waals surface area contributed by atoms with Crippen LogP contribution in [0.15, 0.2) is 36.5 Å². The van der Waals surface area contributed by atoms with Gasteiger partial charge in [-0.3, -0.25) is 4.72 Å². The minimum absolute atomic E-state index is 0.108. The molecule has 0 aliphatic rings. The Kier molecular flexibility index (Phi) is 4.29. The van der Waals surface area contributed by atoms with Crippen molar-refractivity contribution >= 4 is 21.5 Å². The van der Waals surface area contributed by atoms with Crippen LogP contribution in [0.4, 0.5) is 11.5 Å².